The molecule has 0 aliphatic heterocycles. The van der Waals surface area contributed by atoms with Crippen LogP contribution in [0.25, 0.3) is 0 Å². The molecule has 0 fully saturated rings. The highest BCUT2D eigenvalue weighted by Gasteiger charge is 2.01. The third-order valence-corrected chi connectivity index (χ3v) is 2.65. The first-order chi connectivity index (χ1) is 9.52. The molecule has 2 aromatic carbocycles. The second kappa shape index (κ2) is 6.37. The smallest absolute Gasteiger partial charge is 0.128 e. The lowest BCUT2D eigenvalue weighted by Crippen LogP contribution is -2.05. The molecule has 0 aromatic heterocycles. The summed E-state index contributed by atoms with van der Waals surface area (Å²) in [5.74, 6) is -0.373. The summed E-state index contributed by atoms with van der Waals surface area (Å²) in [5, 5.41) is 2.98. The first-order valence-electron chi connectivity index (χ1n) is 6.48. The minimum Gasteiger partial charge on any atom is -0.491 e. The minimum atomic E-state index is -0.590. The first kappa shape index (κ1) is 14.3. The highest BCUT2D eigenvalue weighted by molar-refractivity contribution is 5.44. The van der Waals surface area contributed by atoms with Crippen LogP contribution >= 0.6 is 0 Å². The molecule has 0 spiro atoms. The van der Waals surface area contributed by atoms with Gasteiger partial charge in [-0.05, 0) is 43.7 Å². The minimum absolute atomic E-state index is 0.134. The summed E-state index contributed by atoms with van der Waals surface area (Å²) < 4.78 is 31.6. The molecule has 2 aromatic rings. The Morgan fingerprint density at radius 2 is 1.60 bits per heavy atom. The van der Waals surface area contributed by atoms with Crippen molar-refractivity contribution >= 4 is 5.69 Å². The van der Waals surface area contributed by atoms with E-state index in [-0.39, 0.29) is 6.10 Å². The third kappa shape index (κ3) is 4.23. The lowest BCUT2D eigenvalue weighted by molar-refractivity contribution is 0.242. The first-order valence-corrected chi connectivity index (χ1v) is 6.48. The van der Waals surface area contributed by atoms with Crippen molar-refractivity contribution in [1.82, 2.24) is 0 Å². The van der Waals surface area contributed by atoms with Crippen LogP contribution in [0, 0.1) is 11.6 Å². The van der Waals surface area contributed by atoms with Crippen molar-refractivity contribution in [3.63, 3.8) is 0 Å². The van der Waals surface area contributed by atoms with Gasteiger partial charge in [0.05, 0.1) is 6.10 Å². The van der Waals surface area contributed by atoms with E-state index in [0.29, 0.717) is 12.2 Å². The van der Waals surface area contributed by atoms with Gasteiger partial charge in [-0.3, -0.25) is 0 Å². The Bertz CT molecular complexity index is 547. The lowest BCUT2D eigenvalue weighted by Gasteiger charge is -2.11. The molecule has 2 nitrogen and oxygen atoms in total. The SMILES string of the molecule is CC(C)Oc1ccc(CNc2cc(F)cc(F)c2)cc1. The molecular weight excluding hydrogens is 260 g/mol. The fourth-order valence-electron chi connectivity index (χ4n) is 1.82. The van der Waals surface area contributed by atoms with Crippen molar-refractivity contribution in [3.8, 4) is 5.75 Å². The van der Waals surface area contributed by atoms with E-state index in [0.717, 1.165) is 17.4 Å². The molecule has 0 aliphatic carbocycles. The molecule has 0 unspecified atom stereocenters. The molecule has 20 heavy (non-hydrogen) atoms. The van der Waals surface area contributed by atoms with Gasteiger partial charge in [0, 0.05) is 18.3 Å². The zero-order chi connectivity index (χ0) is 14.5. The zero-order valence-electron chi connectivity index (χ0n) is 11.5. The predicted octanol–water partition coefficient (Wildman–Crippen LogP) is 4.36. The molecular formula is C16H17F2NO. The van der Waals surface area contributed by atoms with E-state index >= 15 is 0 Å². The number of halogens is 2. The van der Waals surface area contributed by atoms with Gasteiger partial charge in [-0.15, -0.1) is 0 Å². The summed E-state index contributed by atoms with van der Waals surface area (Å²) in [6.07, 6.45) is 0.134. The molecule has 0 heterocycles. The van der Waals surface area contributed by atoms with Crippen LogP contribution in [-0.4, -0.2) is 6.10 Å². The monoisotopic (exact) mass is 277 g/mol. The van der Waals surface area contributed by atoms with Gasteiger partial charge in [-0.1, -0.05) is 12.1 Å². The Morgan fingerprint density at radius 3 is 2.15 bits per heavy atom. The van der Waals surface area contributed by atoms with Gasteiger partial charge >= 0.3 is 0 Å². The van der Waals surface area contributed by atoms with Crippen LogP contribution in [0.15, 0.2) is 42.5 Å². The number of benzene rings is 2. The Kier molecular flexibility index (Phi) is 4.56. The van der Waals surface area contributed by atoms with Crippen LogP contribution in [0.5, 0.6) is 5.75 Å². The zero-order valence-corrected chi connectivity index (χ0v) is 11.5. The molecule has 0 atom stereocenters. The van der Waals surface area contributed by atoms with Gasteiger partial charge in [0.15, 0.2) is 0 Å². The van der Waals surface area contributed by atoms with Gasteiger partial charge in [0.2, 0.25) is 0 Å². The molecule has 106 valence electrons. The number of ether oxygens (including phenoxy) is 1. The molecule has 2 rings (SSSR count). The second-order valence-electron chi connectivity index (χ2n) is 4.82. The van der Waals surface area contributed by atoms with Gasteiger partial charge in [-0.2, -0.15) is 0 Å². The number of rotatable bonds is 5. The van der Waals surface area contributed by atoms with Crippen molar-refractivity contribution in [2.75, 3.05) is 5.32 Å². The molecule has 0 saturated carbocycles. The maximum Gasteiger partial charge on any atom is 0.128 e. The summed E-state index contributed by atoms with van der Waals surface area (Å²) in [5.41, 5.74) is 1.43. The Balaban J connectivity index is 1.96. The van der Waals surface area contributed by atoms with Crippen molar-refractivity contribution < 1.29 is 13.5 Å². The van der Waals surface area contributed by atoms with Crippen molar-refractivity contribution in [2.45, 2.75) is 26.5 Å². The lowest BCUT2D eigenvalue weighted by atomic mass is 10.2. The number of hydrogen-bond donors (Lipinski definition) is 1. The largest absolute Gasteiger partial charge is 0.491 e. The molecule has 0 saturated heterocycles. The highest BCUT2D eigenvalue weighted by Crippen LogP contribution is 2.16. The fourth-order valence-corrected chi connectivity index (χ4v) is 1.82. The number of anilines is 1. The van der Waals surface area contributed by atoms with E-state index in [1.807, 2.05) is 38.1 Å². The second-order valence-corrected chi connectivity index (χ2v) is 4.82. The van der Waals surface area contributed by atoms with Crippen LogP contribution in [0.2, 0.25) is 0 Å². The van der Waals surface area contributed by atoms with E-state index in [4.69, 9.17) is 4.74 Å². The van der Waals surface area contributed by atoms with Gasteiger partial charge < -0.3 is 10.1 Å². The van der Waals surface area contributed by atoms with E-state index in [2.05, 4.69) is 5.32 Å². The normalized spacial score (nSPS) is 10.7. The van der Waals surface area contributed by atoms with Crippen LogP contribution in [-0.2, 0) is 6.54 Å². The van der Waals surface area contributed by atoms with E-state index < -0.39 is 11.6 Å². The van der Waals surface area contributed by atoms with Gasteiger partial charge in [-0.25, -0.2) is 8.78 Å². The molecule has 0 amide bonds. The van der Waals surface area contributed by atoms with E-state index in [1.54, 1.807) is 0 Å². The van der Waals surface area contributed by atoms with Gasteiger partial charge in [0.25, 0.3) is 0 Å². The molecule has 0 radical (unpaired) electrons. The highest BCUT2D eigenvalue weighted by atomic mass is 19.1. The Labute approximate surface area is 117 Å². The van der Waals surface area contributed by atoms with Gasteiger partial charge in [0.1, 0.15) is 17.4 Å². The molecule has 0 bridgehead atoms. The summed E-state index contributed by atoms with van der Waals surface area (Å²) >= 11 is 0. The molecule has 4 heteroatoms. The topological polar surface area (TPSA) is 21.3 Å². The summed E-state index contributed by atoms with van der Waals surface area (Å²) in [7, 11) is 0. The van der Waals surface area contributed by atoms with Crippen LogP contribution < -0.4 is 10.1 Å². The standard InChI is InChI=1S/C16H17F2NO/c1-11(2)20-16-5-3-12(4-6-16)10-19-15-8-13(17)7-14(18)9-15/h3-9,11,19H,10H2,1-2H3. The van der Waals surface area contributed by atoms with E-state index in [9.17, 15) is 8.78 Å². The maximum absolute atomic E-state index is 13.0. The van der Waals surface area contributed by atoms with Crippen LogP contribution in [0.1, 0.15) is 19.4 Å². The average molecular weight is 277 g/mol. The van der Waals surface area contributed by atoms with E-state index in [1.165, 1.54) is 12.1 Å². The summed E-state index contributed by atoms with van der Waals surface area (Å²) in [6.45, 7) is 4.42. The Morgan fingerprint density at radius 1 is 1.00 bits per heavy atom. The average Bonchev–Trinajstić information content (AvgIpc) is 2.36. The Hall–Kier alpha value is -2.10. The van der Waals surface area contributed by atoms with Crippen molar-refractivity contribution in [3.05, 3.63) is 59.7 Å². The summed E-state index contributed by atoms with van der Waals surface area (Å²) in [4.78, 5) is 0. The quantitative estimate of drug-likeness (QED) is 0.876. The number of nitrogens with one attached hydrogen (secondary N) is 1. The maximum atomic E-state index is 13.0. The fraction of sp³-hybridized carbons (Fsp3) is 0.250. The van der Waals surface area contributed by atoms with Crippen molar-refractivity contribution in [2.24, 2.45) is 0 Å². The predicted molar refractivity (Wildman–Crippen MR) is 75.9 cm³/mol. The van der Waals surface area contributed by atoms with Crippen LogP contribution in [0.4, 0.5) is 14.5 Å². The van der Waals surface area contributed by atoms with Crippen molar-refractivity contribution in [1.29, 1.82) is 0 Å². The number of hydrogen-bond acceptors (Lipinski definition) is 2. The molecule has 1 N–H and O–H groups in total. The van der Waals surface area contributed by atoms with Crippen LogP contribution in [0.3, 0.4) is 0 Å². The third-order valence-electron chi connectivity index (χ3n) is 2.65. The molecule has 0 aliphatic rings. The summed E-state index contributed by atoms with van der Waals surface area (Å²) in [6, 6.07) is 11.0.